The van der Waals surface area contributed by atoms with Gasteiger partial charge in [-0.05, 0) is 32.8 Å². The topological polar surface area (TPSA) is 90.3 Å². The second-order valence-corrected chi connectivity index (χ2v) is 10.0. The summed E-state index contributed by atoms with van der Waals surface area (Å²) in [7, 11) is 3.87. The Morgan fingerprint density at radius 2 is 2.07 bits per heavy atom. The predicted octanol–water partition coefficient (Wildman–Crippen LogP) is 3.93. The summed E-state index contributed by atoms with van der Waals surface area (Å²) in [4.78, 5) is 0. The van der Waals surface area contributed by atoms with Crippen LogP contribution in [0.25, 0.3) is 0 Å². The molecule has 1 saturated heterocycles. The number of hydrogen-bond acceptors (Lipinski definition) is 8. The highest BCUT2D eigenvalue weighted by atomic mass is 31.2. The lowest BCUT2D eigenvalue weighted by Gasteiger charge is -2.39. The quantitative estimate of drug-likeness (QED) is 0.260. The summed E-state index contributed by atoms with van der Waals surface area (Å²) in [5.74, 6) is 1.37. The molecular formula is C17H31BN2O6P2. The minimum atomic E-state index is -3.32. The van der Waals surface area contributed by atoms with Crippen molar-refractivity contribution in [1.82, 2.24) is 4.67 Å². The van der Waals surface area contributed by atoms with E-state index in [-0.39, 0.29) is 18.6 Å². The first-order valence-corrected chi connectivity index (χ1v) is 12.1. The van der Waals surface area contributed by atoms with E-state index in [1.165, 1.54) is 20.0 Å². The van der Waals surface area contributed by atoms with E-state index >= 15 is 0 Å². The van der Waals surface area contributed by atoms with Gasteiger partial charge in [-0.2, -0.15) is 5.26 Å². The van der Waals surface area contributed by atoms with Crippen molar-refractivity contribution in [2.75, 3.05) is 27.4 Å². The molecule has 4 atom stereocenters. The average Bonchev–Trinajstić information content (AvgIpc) is 2.68. The fourth-order valence-electron chi connectivity index (χ4n) is 2.64. The molecular weight excluding hydrogens is 401 g/mol. The van der Waals surface area contributed by atoms with Crippen LogP contribution in [0.15, 0.2) is 11.9 Å². The Kier molecular flexibility index (Phi) is 12.1. The van der Waals surface area contributed by atoms with Gasteiger partial charge in [0, 0.05) is 38.6 Å². The molecule has 0 spiro atoms. The van der Waals surface area contributed by atoms with Gasteiger partial charge in [-0.1, -0.05) is 6.92 Å². The highest BCUT2D eigenvalue weighted by Crippen LogP contribution is 2.50. The van der Waals surface area contributed by atoms with Crippen molar-refractivity contribution in [2.24, 2.45) is 0 Å². The maximum atomic E-state index is 12.3. The minimum Gasteiger partial charge on any atom is -0.378 e. The first-order valence-electron chi connectivity index (χ1n) is 9.35. The predicted molar refractivity (Wildman–Crippen MR) is 110 cm³/mol. The van der Waals surface area contributed by atoms with E-state index in [0.29, 0.717) is 19.4 Å². The maximum absolute atomic E-state index is 12.3. The fraction of sp³-hybridized carbons (Fsp3) is 0.824. The molecule has 28 heavy (non-hydrogen) atoms. The van der Waals surface area contributed by atoms with E-state index in [1.54, 1.807) is 6.08 Å². The molecule has 1 rings (SSSR count). The van der Waals surface area contributed by atoms with Gasteiger partial charge in [0.15, 0.2) is 0 Å². The second-order valence-electron chi connectivity index (χ2n) is 6.44. The van der Waals surface area contributed by atoms with Crippen LogP contribution in [-0.2, 0) is 27.4 Å². The Hall–Kier alpha value is -0.285. The lowest BCUT2D eigenvalue weighted by molar-refractivity contribution is -0.0582. The van der Waals surface area contributed by atoms with Crippen molar-refractivity contribution >= 4 is 24.0 Å². The van der Waals surface area contributed by atoms with Crippen LogP contribution in [0.2, 0.25) is 0 Å². The van der Waals surface area contributed by atoms with Crippen molar-refractivity contribution < 1.29 is 27.4 Å². The first kappa shape index (κ1) is 25.8. The Bertz CT molecular complexity index is 566. The maximum Gasteiger partial charge on any atom is 0.353 e. The molecule has 2 unspecified atom stereocenters. The molecule has 0 aromatic rings. The van der Waals surface area contributed by atoms with Crippen molar-refractivity contribution in [3.05, 3.63) is 11.9 Å². The van der Waals surface area contributed by atoms with Crippen LogP contribution in [-0.4, -0.2) is 64.1 Å². The first-order chi connectivity index (χ1) is 13.3. The molecule has 1 aliphatic heterocycles. The molecule has 1 aliphatic rings. The second kappa shape index (κ2) is 13.1. The Labute approximate surface area is 171 Å². The molecule has 11 heteroatoms. The van der Waals surface area contributed by atoms with Gasteiger partial charge in [0.2, 0.25) is 0 Å². The molecule has 0 bridgehead atoms. The third-order valence-electron chi connectivity index (χ3n) is 4.17. The minimum absolute atomic E-state index is 0.209. The summed E-state index contributed by atoms with van der Waals surface area (Å²) < 4.78 is 42.3. The van der Waals surface area contributed by atoms with Gasteiger partial charge in [0.05, 0.1) is 25.2 Å². The van der Waals surface area contributed by atoms with Crippen LogP contribution in [0.3, 0.4) is 0 Å². The van der Waals surface area contributed by atoms with E-state index in [2.05, 4.69) is 24.6 Å². The van der Waals surface area contributed by atoms with Gasteiger partial charge in [0.25, 0.3) is 8.53 Å². The zero-order chi connectivity index (χ0) is 21.2. The van der Waals surface area contributed by atoms with Gasteiger partial charge >= 0.3 is 7.60 Å². The molecule has 0 saturated carbocycles. The summed E-state index contributed by atoms with van der Waals surface area (Å²) in [6.07, 6.45) is 2.36. The van der Waals surface area contributed by atoms with Crippen LogP contribution in [0.5, 0.6) is 0 Å². The Balaban J connectivity index is 2.96. The van der Waals surface area contributed by atoms with Gasteiger partial charge < -0.3 is 22.8 Å². The van der Waals surface area contributed by atoms with E-state index in [9.17, 15) is 4.57 Å². The molecule has 0 N–H and O–H groups in total. The van der Waals surface area contributed by atoms with Crippen molar-refractivity contribution in [1.29, 1.82) is 5.26 Å². The smallest absolute Gasteiger partial charge is 0.353 e. The van der Waals surface area contributed by atoms with Crippen LogP contribution in [0.4, 0.5) is 0 Å². The molecule has 2 radical (unpaired) electrons. The SMILES string of the molecule is [B][C@H]1CCC(OP(OCCC#N)N(CC)C(C)C)[C@@H](/C=C/P(=O)(OC)OC)O1. The van der Waals surface area contributed by atoms with Crippen molar-refractivity contribution in [3.8, 4) is 6.07 Å². The monoisotopic (exact) mass is 432 g/mol. The Morgan fingerprint density at radius 1 is 1.39 bits per heavy atom. The fourth-order valence-corrected chi connectivity index (χ4v) is 5.05. The summed E-state index contributed by atoms with van der Waals surface area (Å²) in [6.45, 7) is 7.19. The van der Waals surface area contributed by atoms with Crippen molar-refractivity contribution in [3.63, 3.8) is 0 Å². The van der Waals surface area contributed by atoms with Gasteiger partial charge in [-0.25, -0.2) is 4.67 Å². The number of hydrogen-bond donors (Lipinski definition) is 0. The van der Waals surface area contributed by atoms with Crippen LogP contribution in [0.1, 0.15) is 40.0 Å². The summed E-state index contributed by atoms with van der Waals surface area (Å²) in [5.41, 5.74) is 0. The average molecular weight is 432 g/mol. The summed E-state index contributed by atoms with van der Waals surface area (Å²) in [5, 5.41) is 8.80. The Morgan fingerprint density at radius 3 is 2.61 bits per heavy atom. The van der Waals surface area contributed by atoms with E-state index in [4.69, 9.17) is 35.9 Å². The van der Waals surface area contributed by atoms with Crippen LogP contribution >= 0.6 is 16.1 Å². The molecule has 8 nitrogen and oxygen atoms in total. The van der Waals surface area contributed by atoms with Crippen LogP contribution < -0.4 is 0 Å². The van der Waals surface area contributed by atoms with Crippen molar-refractivity contribution in [2.45, 2.75) is 64.3 Å². The van der Waals surface area contributed by atoms with E-state index < -0.39 is 28.2 Å². The molecule has 0 aromatic heterocycles. The number of nitriles is 1. The summed E-state index contributed by atoms with van der Waals surface area (Å²) >= 11 is 0. The standard InChI is InChI=1S/C17H31BN2O6P2/c1-6-20(14(2)3)27(24-12-7-11-19)26-16-8-9-17(18)25-15(16)10-13-28(21,22-4)23-5/h10,13-17H,6-9,12H2,1-5H3/b13-10+/t15-,16?,17-,27?/m1/s1. The number of rotatable bonds is 12. The molecule has 0 amide bonds. The zero-order valence-electron chi connectivity index (χ0n) is 17.3. The lowest BCUT2D eigenvalue weighted by atomic mass is 9.89. The third kappa shape index (κ3) is 8.22. The van der Waals surface area contributed by atoms with Crippen LogP contribution in [0, 0.1) is 11.3 Å². The van der Waals surface area contributed by atoms with Gasteiger partial charge in [0.1, 0.15) is 14.0 Å². The summed E-state index contributed by atoms with van der Waals surface area (Å²) in [6, 6.07) is 1.85. The molecule has 1 heterocycles. The molecule has 0 aliphatic carbocycles. The highest BCUT2D eigenvalue weighted by Gasteiger charge is 2.34. The number of ether oxygens (including phenoxy) is 1. The zero-order valence-corrected chi connectivity index (χ0v) is 19.1. The van der Waals surface area contributed by atoms with E-state index in [0.717, 1.165) is 6.54 Å². The molecule has 158 valence electrons. The molecule has 1 fully saturated rings. The van der Waals surface area contributed by atoms with Gasteiger partial charge in [-0.15, -0.1) is 0 Å². The van der Waals surface area contributed by atoms with Gasteiger partial charge in [-0.3, -0.25) is 4.57 Å². The van der Waals surface area contributed by atoms with E-state index in [1.807, 2.05) is 6.92 Å². The largest absolute Gasteiger partial charge is 0.378 e. The number of nitrogens with zero attached hydrogens (tertiary/aromatic N) is 2. The lowest BCUT2D eigenvalue weighted by Crippen LogP contribution is -2.40. The normalized spacial score (nSPS) is 24.7. The highest BCUT2D eigenvalue weighted by molar-refractivity contribution is 7.57. The third-order valence-corrected chi connectivity index (χ3v) is 7.75. The molecule has 0 aromatic carbocycles.